The summed E-state index contributed by atoms with van der Waals surface area (Å²) in [7, 11) is 0. The largest absolute Gasteiger partial charge is 0.322 e. The number of nitrogens with zero attached hydrogens (tertiary/aromatic N) is 2. The fourth-order valence-electron chi connectivity index (χ4n) is 2.34. The summed E-state index contributed by atoms with van der Waals surface area (Å²) in [5, 5.41) is 0. The van der Waals surface area contributed by atoms with Gasteiger partial charge in [0.05, 0.1) is 6.33 Å². The van der Waals surface area contributed by atoms with Gasteiger partial charge >= 0.3 is 0 Å². The second-order valence-electron chi connectivity index (χ2n) is 5.97. The second kappa shape index (κ2) is 6.68. The Labute approximate surface area is 125 Å². The van der Waals surface area contributed by atoms with E-state index in [4.69, 9.17) is 5.73 Å². The monoisotopic (exact) mass is 285 g/mol. The van der Waals surface area contributed by atoms with Gasteiger partial charge in [-0.3, -0.25) is 9.36 Å². The van der Waals surface area contributed by atoms with E-state index in [1.54, 1.807) is 17.8 Å². The number of rotatable bonds is 5. The minimum atomic E-state index is -0.208. The molecule has 0 aliphatic heterocycles. The van der Waals surface area contributed by atoms with Gasteiger partial charge in [0.15, 0.2) is 0 Å². The van der Waals surface area contributed by atoms with Gasteiger partial charge in [0, 0.05) is 24.3 Å². The van der Waals surface area contributed by atoms with Crippen LogP contribution in [0.5, 0.6) is 0 Å². The van der Waals surface area contributed by atoms with Crippen molar-refractivity contribution in [3.63, 3.8) is 0 Å². The number of hydrogen-bond donors (Lipinski definition) is 1. The summed E-state index contributed by atoms with van der Waals surface area (Å²) < 4.78 is 1.56. The maximum Gasteiger partial charge on any atom is 0.253 e. The molecule has 0 spiro atoms. The molecule has 0 amide bonds. The highest BCUT2D eigenvalue weighted by Gasteiger charge is 2.08. The molecule has 1 aromatic carbocycles. The fourth-order valence-corrected chi connectivity index (χ4v) is 2.34. The van der Waals surface area contributed by atoms with Crippen LogP contribution in [0.15, 0.2) is 41.5 Å². The average Bonchev–Trinajstić information content (AvgIpc) is 2.42. The first-order valence-electron chi connectivity index (χ1n) is 7.33. The van der Waals surface area contributed by atoms with Crippen LogP contribution in [0, 0.1) is 12.8 Å². The van der Waals surface area contributed by atoms with Crippen molar-refractivity contribution in [3.8, 4) is 0 Å². The second-order valence-corrected chi connectivity index (χ2v) is 5.97. The molecule has 1 atom stereocenters. The SMILES string of the molecule is Cc1cc(=O)n(CC(N)c2ccc(CC(C)C)cc2)cn1. The molecule has 1 unspecified atom stereocenters. The predicted molar refractivity (Wildman–Crippen MR) is 85.1 cm³/mol. The molecular formula is C17H23N3O. The summed E-state index contributed by atoms with van der Waals surface area (Å²) in [5.74, 6) is 0.640. The average molecular weight is 285 g/mol. The van der Waals surface area contributed by atoms with E-state index in [9.17, 15) is 4.79 Å². The van der Waals surface area contributed by atoms with E-state index in [0.29, 0.717) is 12.5 Å². The van der Waals surface area contributed by atoms with Crippen LogP contribution in [0.4, 0.5) is 0 Å². The first-order chi connectivity index (χ1) is 9.95. The van der Waals surface area contributed by atoms with Crippen LogP contribution >= 0.6 is 0 Å². The predicted octanol–water partition coefficient (Wildman–Crippen LogP) is 2.45. The van der Waals surface area contributed by atoms with Crippen LogP contribution < -0.4 is 11.3 Å². The number of benzene rings is 1. The van der Waals surface area contributed by atoms with Crippen molar-refractivity contribution < 1.29 is 0 Å². The van der Waals surface area contributed by atoms with Crippen LogP contribution in [0.1, 0.15) is 36.7 Å². The Bertz CT molecular complexity index is 644. The van der Waals surface area contributed by atoms with Crippen molar-refractivity contribution in [3.05, 3.63) is 63.8 Å². The van der Waals surface area contributed by atoms with Gasteiger partial charge in [0.1, 0.15) is 0 Å². The lowest BCUT2D eigenvalue weighted by Gasteiger charge is -2.14. The third-order valence-corrected chi connectivity index (χ3v) is 3.46. The van der Waals surface area contributed by atoms with Gasteiger partial charge < -0.3 is 5.73 Å². The van der Waals surface area contributed by atoms with E-state index in [1.807, 2.05) is 0 Å². The zero-order valence-corrected chi connectivity index (χ0v) is 12.9. The van der Waals surface area contributed by atoms with Gasteiger partial charge in [-0.25, -0.2) is 4.98 Å². The van der Waals surface area contributed by atoms with E-state index in [2.05, 4.69) is 43.1 Å². The third-order valence-electron chi connectivity index (χ3n) is 3.46. The van der Waals surface area contributed by atoms with E-state index in [0.717, 1.165) is 17.7 Å². The molecule has 2 rings (SSSR count). The van der Waals surface area contributed by atoms with Crippen LogP contribution in [-0.4, -0.2) is 9.55 Å². The van der Waals surface area contributed by atoms with Gasteiger partial charge in [-0.15, -0.1) is 0 Å². The third kappa shape index (κ3) is 4.26. The molecule has 0 aliphatic rings. The summed E-state index contributed by atoms with van der Waals surface area (Å²) in [4.78, 5) is 16.0. The molecule has 112 valence electrons. The van der Waals surface area contributed by atoms with Crippen LogP contribution in [0.25, 0.3) is 0 Å². The Hall–Kier alpha value is -1.94. The summed E-state index contributed by atoms with van der Waals surface area (Å²) in [6.07, 6.45) is 2.63. The fraction of sp³-hybridized carbons (Fsp3) is 0.412. The molecule has 2 aromatic rings. The van der Waals surface area contributed by atoms with E-state index >= 15 is 0 Å². The first kappa shape index (κ1) is 15.4. The molecule has 2 N–H and O–H groups in total. The lowest BCUT2D eigenvalue weighted by Crippen LogP contribution is -2.26. The standard InChI is InChI=1S/C17H23N3O/c1-12(2)8-14-4-6-15(7-5-14)16(18)10-20-11-19-13(3)9-17(20)21/h4-7,9,11-12,16H,8,10,18H2,1-3H3. The molecule has 21 heavy (non-hydrogen) atoms. The molecule has 4 heteroatoms. The number of aryl methyl sites for hydroxylation is 1. The van der Waals surface area contributed by atoms with Gasteiger partial charge in [0.25, 0.3) is 5.56 Å². The van der Waals surface area contributed by atoms with Gasteiger partial charge in [0.2, 0.25) is 0 Å². The van der Waals surface area contributed by atoms with E-state index in [1.165, 1.54) is 11.6 Å². The van der Waals surface area contributed by atoms with E-state index < -0.39 is 0 Å². The first-order valence-corrected chi connectivity index (χ1v) is 7.33. The summed E-state index contributed by atoms with van der Waals surface area (Å²) >= 11 is 0. The van der Waals surface area contributed by atoms with Crippen molar-refractivity contribution in [1.29, 1.82) is 0 Å². The van der Waals surface area contributed by atoms with Crippen molar-refractivity contribution in [2.45, 2.75) is 39.8 Å². The molecular weight excluding hydrogens is 262 g/mol. The molecule has 1 heterocycles. The zero-order valence-electron chi connectivity index (χ0n) is 12.9. The minimum absolute atomic E-state index is 0.0608. The maximum absolute atomic E-state index is 11.8. The van der Waals surface area contributed by atoms with Gasteiger partial charge in [-0.05, 0) is 30.4 Å². The Morgan fingerprint density at radius 1 is 1.24 bits per heavy atom. The molecule has 0 radical (unpaired) electrons. The zero-order chi connectivity index (χ0) is 15.4. The number of hydrogen-bond acceptors (Lipinski definition) is 3. The van der Waals surface area contributed by atoms with Crippen LogP contribution in [-0.2, 0) is 13.0 Å². The highest BCUT2D eigenvalue weighted by molar-refractivity contribution is 5.25. The number of nitrogens with two attached hydrogens (primary N) is 1. The Kier molecular flexibility index (Phi) is 4.91. The van der Waals surface area contributed by atoms with Gasteiger partial charge in [-0.1, -0.05) is 38.1 Å². The summed E-state index contributed by atoms with van der Waals surface area (Å²) in [5.41, 5.74) is 9.21. The van der Waals surface area contributed by atoms with Crippen molar-refractivity contribution >= 4 is 0 Å². The Morgan fingerprint density at radius 2 is 1.90 bits per heavy atom. The maximum atomic E-state index is 11.8. The summed E-state index contributed by atoms with van der Waals surface area (Å²) in [6.45, 7) is 6.65. The van der Waals surface area contributed by atoms with Crippen molar-refractivity contribution in [2.24, 2.45) is 11.7 Å². The van der Waals surface area contributed by atoms with Crippen molar-refractivity contribution in [1.82, 2.24) is 9.55 Å². The van der Waals surface area contributed by atoms with Crippen LogP contribution in [0.2, 0.25) is 0 Å². The van der Waals surface area contributed by atoms with Crippen LogP contribution in [0.3, 0.4) is 0 Å². The summed E-state index contributed by atoms with van der Waals surface area (Å²) in [6, 6.07) is 9.65. The molecule has 0 saturated heterocycles. The molecule has 0 saturated carbocycles. The Balaban J connectivity index is 2.09. The quantitative estimate of drug-likeness (QED) is 0.918. The topological polar surface area (TPSA) is 60.9 Å². The molecule has 0 aliphatic carbocycles. The smallest absolute Gasteiger partial charge is 0.253 e. The van der Waals surface area contributed by atoms with Gasteiger partial charge in [-0.2, -0.15) is 0 Å². The Morgan fingerprint density at radius 3 is 2.48 bits per heavy atom. The lowest BCUT2D eigenvalue weighted by atomic mass is 9.99. The highest BCUT2D eigenvalue weighted by Crippen LogP contribution is 2.15. The molecule has 0 bridgehead atoms. The molecule has 1 aromatic heterocycles. The highest BCUT2D eigenvalue weighted by atomic mass is 16.1. The molecule has 4 nitrogen and oxygen atoms in total. The number of aromatic nitrogens is 2. The van der Waals surface area contributed by atoms with E-state index in [-0.39, 0.29) is 11.6 Å². The van der Waals surface area contributed by atoms with Crippen molar-refractivity contribution in [2.75, 3.05) is 0 Å². The molecule has 0 fully saturated rings. The lowest BCUT2D eigenvalue weighted by molar-refractivity contribution is 0.552. The minimum Gasteiger partial charge on any atom is -0.322 e. The normalized spacial score (nSPS) is 12.6.